The van der Waals surface area contributed by atoms with Crippen molar-refractivity contribution in [2.24, 2.45) is 5.73 Å². The van der Waals surface area contributed by atoms with E-state index in [4.69, 9.17) is 17.3 Å². The van der Waals surface area contributed by atoms with Gasteiger partial charge in [0.05, 0.1) is 5.75 Å². The van der Waals surface area contributed by atoms with Gasteiger partial charge in [0.25, 0.3) is 0 Å². The van der Waals surface area contributed by atoms with Crippen LogP contribution in [0.3, 0.4) is 0 Å². The van der Waals surface area contributed by atoms with E-state index in [-0.39, 0.29) is 24.4 Å². The Hall–Kier alpha value is -2.20. The van der Waals surface area contributed by atoms with Gasteiger partial charge in [-0.2, -0.15) is 0 Å². The summed E-state index contributed by atoms with van der Waals surface area (Å²) in [6, 6.07) is 7.91. The SMILES string of the molecule is NCCS(=O)(=O)NC1CCC(Nc2cc(-c3c[nH]c4ncccc34)cc(Cl)n2)CC1. The first kappa shape index (κ1) is 21.0. The minimum Gasteiger partial charge on any atom is -0.367 e. The number of hydrogen-bond acceptors (Lipinski definition) is 6. The number of nitrogens with one attached hydrogen (secondary N) is 3. The molecule has 3 aromatic heterocycles. The molecule has 0 bridgehead atoms. The number of pyridine rings is 2. The fraction of sp³-hybridized carbons (Fsp3) is 0.400. The molecule has 10 heteroatoms. The van der Waals surface area contributed by atoms with Crippen LogP contribution in [0.4, 0.5) is 5.82 Å². The molecule has 5 N–H and O–H groups in total. The van der Waals surface area contributed by atoms with Gasteiger partial charge in [0.15, 0.2) is 0 Å². The lowest BCUT2D eigenvalue weighted by Crippen LogP contribution is -2.42. The molecule has 3 heterocycles. The van der Waals surface area contributed by atoms with E-state index in [1.807, 2.05) is 30.5 Å². The second-order valence-corrected chi connectivity index (χ2v) is 9.84. The van der Waals surface area contributed by atoms with E-state index in [1.54, 1.807) is 6.20 Å². The molecule has 0 aliphatic heterocycles. The van der Waals surface area contributed by atoms with Crippen molar-refractivity contribution in [1.29, 1.82) is 0 Å². The lowest BCUT2D eigenvalue weighted by atomic mass is 9.92. The molecule has 30 heavy (non-hydrogen) atoms. The number of rotatable bonds is 7. The monoisotopic (exact) mass is 448 g/mol. The third-order valence-electron chi connectivity index (χ3n) is 5.37. The molecule has 0 unspecified atom stereocenters. The molecule has 0 amide bonds. The Kier molecular flexibility index (Phi) is 6.24. The van der Waals surface area contributed by atoms with Crippen LogP contribution in [0.1, 0.15) is 25.7 Å². The lowest BCUT2D eigenvalue weighted by molar-refractivity contribution is 0.387. The maximum Gasteiger partial charge on any atom is 0.213 e. The fourth-order valence-corrected chi connectivity index (χ4v) is 5.33. The molecule has 160 valence electrons. The molecule has 0 atom stereocenters. The summed E-state index contributed by atoms with van der Waals surface area (Å²) in [6.45, 7) is 0.126. The highest BCUT2D eigenvalue weighted by Gasteiger charge is 2.25. The van der Waals surface area contributed by atoms with Crippen LogP contribution in [0.15, 0.2) is 36.7 Å². The van der Waals surface area contributed by atoms with Crippen LogP contribution in [-0.4, -0.2) is 47.8 Å². The van der Waals surface area contributed by atoms with Gasteiger partial charge in [0.1, 0.15) is 16.6 Å². The molecular weight excluding hydrogens is 424 g/mol. The van der Waals surface area contributed by atoms with E-state index in [2.05, 4.69) is 25.0 Å². The van der Waals surface area contributed by atoms with Crippen LogP contribution in [0.5, 0.6) is 0 Å². The number of halogens is 1. The van der Waals surface area contributed by atoms with E-state index >= 15 is 0 Å². The first-order valence-electron chi connectivity index (χ1n) is 10.0. The van der Waals surface area contributed by atoms with Crippen LogP contribution in [0.2, 0.25) is 5.15 Å². The number of fused-ring (bicyclic) bond motifs is 1. The molecule has 0 saturated heterocycles. The Morgan fingerprint density at radius 3 is 2.73 bits per heavy atom. The number of nitrogens with zero attached hydrogens (tertiary/aromatic N) is 2. The molecule has 4 rings (SSSR count). The highest BCUT2D eigenvalue weighted by Crippen LogP contribution is 2.31. The Morgan fingerprint density at radius 1 is 1.20 bits per heavy atom. The van der Waals surface area contributed by atoms with Crippen molar-refractivity contribution in [3.05, 3.63) is 41.8 Å². The molecule has 1 aliphatic rings. The van der Waals surface area contributed by atoms with E-state index in [0.717, 1.165) is 47.8 Å². The molecule has 1 fully saturated rings. The Bertz CT molecular complexity index is 1130. The van der Waals surface area contributed by atoms with Gasteiger partial charge in [-0.15, -0.1) is 0 Å². The summed E-state index contributed by atoms with van der Waals surface area (Å²) in [4.78, 5) is 11.9. The Morgan fingerprint density at radius 2 is 1.97 bits per heavy atom. The fourth-order valence-electron chi connectivity index (χ4n) is 3.95. The largest absolute Gasteiger partial charge is 0.367 e. The van der Waals surface area contributed by atoms with Crippen LogP contribution >= 0.6 is 11.6 Å². The average Bonchev–Trinajstić information content (AvgIpc) is 3.13. The highest BCUT2D eigenvalue weighted by atomic mass is 35.5. The van der Waals surface area contributed by atoms with Crippen LogP contribution in [-0.2, 0) is 10.0 Å². The molecule has 8 nitrogen and oxygen atoms in total. The minimum atomic E-state index is -3.30. The van der Waals surface area contributed by atoms with E-state index < -0.39 is 10.0 Å². The number of anilines is 1. The summed E-state index contributed by atoms with van der Waals surface area (Å²) in [6.07, 6.45) is 6.89. The maximum atomic E-state index is 11.9. The van der Waals surface area contributed by atoms with Gasteiger partial charge >= 0.3 is 0 Å². The van der Waals surface area contributed by atoms with Crippen molar-refractivity contribution in [1.82, 2.24) is 19.7 Å². The first-order chi connectivity index (χ1) is 14.4. The quantitative estimate of drug-likeness (QED) is 0.412. The van der Waals surface area contributed by atoms with Gasteiger partial charge in [-0.3, -0.25) is 0 Å². The van der Waals surface area contributed by atoms with Gasteiger partial charge in [0, 0.05) is 42.0 Å². The zero-order chi connectivity index (χ0) is 21.1. The van der Waals surface area contributed by atoms with Crippen LogP contribution in [0, 0.1) is 0 Å². The number of aromatic amines is 1. The number of aromatic nitrogens is 3. The summed E-state index contributed by atoms with van der Waals surface area (Å²) in [5.41, 5.74) is 8.17. The molecular formula is C20H25ClN6O2S. The van der Waals surface area contributed by atoms with Gasteiger partial charge in [0.2, 0.25) is 10.0 Å². The minimum absolute atomic E-state index is 0.0379. The van der Waals surface area contributed by atoms with Gasteiger partial charge < -0.3 is 16.0 Å². The standard InChI is InChI=1S/C20H25ClN6O2S/c21-18-10-13(17-12-24-20-16(17)2-1-8-23-20)11-19(26-18)25-14-3-5-15(6-4-14)27-30(28,29)9-7-22/h1-2,8,10-12,14-15,27H,3-7,9,22H2,(H,23,24)(H,25,26). The predicted octanol–water partition coefficient (Wildman–Crippen LogP) is 2.88. The summed E-state index contributed by atoms with van der Waals surface area (Å²) >= 11 is 6.30. The van der Waals surface area contributed by atoms with E-state index in [9.17, 15) is 8.42 Å². The van der Waals surface area contributed by atoms with Crippen LogP contribution in [0.25, 0.3) is 22.2 Å². The molecule has 3 aromatic rings. The Balaban J connectivity index is 1.44. The van der Waals surface area contributed by atoms with Crippen molar-refractivity contribution in [3.63, 3.8) is 0 Å². The number of H-pyrrole nitrogens is 1. The second-order valence-electron chi connectivity index (χ2n) is 7.58. The van der Waals surface area contributed by atoms with Crippen molar-refractivity contribution < 1.29 is 8.42 Å². The van der Waals surface area contributed by atoms with Crippen molar-refractivity contribution in [2.75, 3.05) is 17.6 Å². The van der Waals surface area contributed by atoms with Crippen molar-refractivity contribution in [3.8, 4) is 11.1 Å². The van der Waals surface area contributed by atoms with Gasteiger partial charge in [-0.1, -0.05) is 11.6 Å². The van der Waals surface area contributed by atoms with E-state index in [0.29, 0.717) is 11.0 Å². The smallest absolute Gasteiger partial charge is 0.213 e. The Labute approximate surface area is 180 Å². The molecule has 0 spiro atoms. The number of nitrogens with two attached hydrogens (primary N) is 1. The third-order valence-corrected chi connectivity index (χ3v) is 7.03. The van der Waals surface area contributed by atoms with Crippen molar-refractivity contribution >= 4 is 38.5 Å². The zero-order valence-electron chi connectivity index (χ0n) is 16.4. The zero-order valence-corrected chi connectivity index (χ0v) is 18.0. The predicted molar refractivity (Wildman–Crippen MR) is 120 cm³/mol. The van der Waals surface area contributed by atoms with Crippen molar-refractivity contribution in [2.45, 2.75) is 37.8 Å². The number of hydrogen-bond donors (Lipinski definition) is 4. The second kappa shape index (κ2) is 8.89. The molecule has 1 saturated carbocycles. The lowest BCUT2D eigenvalue weighted by Gasteiger charge is -2.30. The molecule has 0 radical (unpaired) electrons. The first-order valence-corrected chi connectivity index (χ1v) is 12.0. The van der Waals surface area contributed by atoms with Crippen LogP contribution < -0.4 is 15.8 Å². The average molecular weight is 449 g/mol. The van der Waals surface area contributed by atoms with E-state index in [1.165, 1.54) is 0 Å². The number of sulfonamides is 1. The summed E-state index contributed by atoms with van der Waals surface area (Å²) in [7, 11) is -3.30. The summed E-state index contributed by atoms with van der Waals surface area (Å²) in [5.74, 6) is 0.673. The highest BCUT2D eigenvalue weighted by molar-refractivity contribution is 7.89. The topological polar surface area (TPSA) is 126 Å². The third kappa shape index (κ3) is 4.92. The van der Waals surface area contributed by atoms with Gasteiger partial charge in [-0.05, 0) is 55.5 Å². The normalized spacial score (nSPS) is 19.8. The molecule has 1 aliphatic carbocycles. The summed E-state index contributed by atoms with van der Waals surface area (Å²) < 4.78 is 26.6. The summed E-state index contributed by atoms with van der Waals surface area (Å²) in [5, 5.41) is 4.90. The maximum absolute atomic E-state index is 11.9. The van der Waals surface area contributed by atoms with Gasteiger partial charge in [-0.25, -0.2) is 23.1 Å². The molecule has 0 aromatic carbocycles.